The number of carbonyl (C=O) groups is 3. The molecule has 1 heterocycles. The third kappa shape index (κ3) is 5.05. The second-order valence-corrected chi connectivity index (χ2v) is 8.04. The number of benzene rings is 2. The normalized spacial score (nSPS) is 17.5. The van der Waals surface area contributed by atoms with Gasteiger partial charge in [-0.25, -0.2) is 5.84 Å². The highest BCUT2D eigenvalue weighted by Gasteiger charge is 2.41. The van der Waals surface area contributed by atoms with Gasteiger partial charge in [0, 0.05) is 31.9 Å². The minimum Gasteiger partial charge on any atom is -0.352 e. The van der Waals surface area contributed by atoms with E-state index < -0.39 is 29.7 Å². The number of rotatable bonds is 8. The van der Waals surface area contributed by atoms with Gasteiger partial charge in [0.1, 0.15) is 11.6 Å². The summed E-state index contributed by atoms with van der Waals surface area (Å²) >= 11 is 0. The number of amides is 3. The molecule has 0 radical (unpaired) electrons. The summed E-state index contributed by atoms with van der Waals surface area (Å²) in [6.07, 6.45) is 0.659. The maximum atomic E-state index is 13.3. The first-order valence-corrected chi connectivity index (χ1v) is 10.7. The Morgan fingerprint density at radius 1 is 1.06 bits per heavy atom. The van der Waals surface area contributed by atoms with E-state index in [0.29, 0.717) is 30.5 Å². The monoisotopic (exact) mass is 454 g/mol. The van der Waals surface area contributed by atoms with Crippen LogP contribution in [-0.2, 0) is 24.6 Å². The van der Waals surface area contributed by atoms with Crippen molar-refractivity contribution in [3.05, 3.63) is 71.3 Å². The summed E-state index contributed by atoms with van der Waals surface area (Å²) in [5.41, 5.74) is 2.55. The molecule has 1 aliphatic heterocycles. The number of methoxy groups -OCH3 is 2. The van der Waals surface area contributed by atoms with Crippen molar-refractivity contribution in [3.8, 4) is 0 Å². The lowest BCUT2D eigenvalue weighted by Gasteiger charge is -2.32. The number of nitrogens with zero attached hydrogens (tertiary/aromatic N) is 1. The smallest absolute Gasteiger partial charge is 0.263 e. The van der Waals surface area contributed by atoms with E-state index in [1.165, 1.54) is 14.2 Å². The molecule has 2 atom stereocenters. The van der Waals surface area contributed by atoms with Crippen molar-refractivity contribution in [3.63, 3.8) is 0 Å². The molecule has 9 nitrogen and oxygen atoms in total. The molecule has 0 unspecified atom stereocenters. The Hall–Kier alpha value is -3.27. The zero-order valence-corrected chi connectivity index (χ0v) is 19.0. The Morgan fingerprint density at radius 3 is 2.27 bits per heavy atom. The molecule has 3 amide bonds. The van der Waals surface area contributed by atoms with Crippen molar-refractivity contribution in [2.75, 3.05) is 20.8 Å². The fourth-order valence-corrected chi connectivity index (χ4v) is 4.10. The van der Waals surface area contributed by atoms with Crippen molar-refractivity contribution < 1.29 is 23.9 Å². The van der Waals surface area contributed by atoms with E-state index in [1.54, 1.807) is 60.4 Å². The Labute approximate surface area is 193 Å². The molecule has 3 rings (SSSR count). The molecule has 0 spiro atoms. The lowest BCUT2D eigenvalue weighted by Crippen LogP contribution is -2.59. The molecule has 0 saturated carbocycles. The van der Waals surface area contributed by atoms with E-state index in [2.05, 4.69) is 10.7 Å². The van der Waals surface area contributed by atoms with Gasteiger partial charge in [0.15, 0.2) is 6.29 Å². The third-order valence-electron chi connectivity index (χ3n) is 5.98. The standard InChI is InChI=1S/C24H30N4O5/c1-24(23(31)27-25,18-8-5-4-6-9-18)26-20(29)19-10-7-15-28(19)21(30)16-11-13-17(14-12-16)22(32-2)33-3/h4-6,8-9,11-14,19,22H,7,10,15,25H2,1-3H3,(H,26,29)(H,27,31)/t19-,24+/m0/s1. The van der Waals surface area contributed by atoms with Gasteiger partial charge in [-0.1, -0.05) is 42.5 Å². The number of nitrogens with two attached hydrogens (primary N) is 1. The van der Waals surface area contributed by atoms with Crippen LogP contribution in [0.4, 0.5) is 0 Å². The van der Waals surface area contributed by atoms with Crippen LogP contribution in [0.2, 0.25) is 0 Å². The number of hydrazine groups is 1. The largest absolute Gasteiger partial charge is 0.352 e. The predicted octanol–water partition coefficient (Wildman–Crippen LogP) is 1.60. The van der Waals surface area contributed by atoms with Gasteiger partial charge >= 0.3 is 0 Å². The molecule has 176 valence electrons. The van der Waals surface area contributed by atoms with Crippen LogP contribution in [0, 0.1) is 0 Å². The van der Waals surface area contributed by atoms with Crippen molar-refractivity contribution in [1.82, 2.24) is 15.6 Å². The first kappa shape index (κ1) is 24.4. The van der Waals surface area contributed by atoms with Crippen LogP contribution in [0.5, 0.6) is 0 Å². The lowest BCUT2D eigenvalue weighted by atomic mass is 9.90. The molecular formula is C24H30N4O5. The minimum absolute atomic E-state index is 0.254. The number of likely N-dealkylation sites (tertiary alicyclic amines) is 1. The molecule has 1 saturated heterocycles. The third-order valence-corrected chi connectivity index (χ3v) is 5.98. The first-order chi connectivity index (χ1) is 15.8. The fourth-order valence-electron chi connectivity index (χ4n) is 4.10. The highest BCUT2D eigenvalue weighted by molar-refractivity contribution is 5.99. The topological polar surface area (TPSA) is 123 Å². The minimum atomic E-state index is -1.39. The van der Waals surface area contributed by atoms with Gasteiger partial charge in [-0.15, -0.1) is 0 Å². The Balaban J connectivity index is 1.79. The number of nitrogens with one attached hydrogen (secondary N) is 2. The molecule has 2 aromatic rings. The van der Waals surface area contributed by atoms with Gasteiger partial charge in [-0.3, -0.25) is 19.8 Å². The van der Waals surface area contributed by atoms with Crippen LogP contribution >= 0.6 is 0 Å². The summed E-state index contributed by atoms with van der Waals surface area (Å²) in [5, 5.41) is 2.82. The van der Waals surface area contributed by atoms with Gasteiger partial charge in [-0.05, 0) is 37.5 Å². The van der Waals surface area contributed by atoms with E-state index in [1.807, 2.05) is 6.07 Å². The van der Waals surface area contributed by atoms with E-state index in [4.69, 9.17) is 15.3 Å². The quantitative estimate of drug-likeness (QED) is 0.241. The second kappa shape index (κ2) is 10.6. The molecule has 0 aliphatic carbocycles. The van der Waals surface area contributed by atoms with Gasteiger partial charge in [-0.2, -0.15) is 0 Å². The summed E-state index contributed by atoms with van der Waals surface area (Å²) in [5.74, 6) is 4.18. The molecular weight excluding hydrogens is 424 g/mol. The van der Waals surface area contributed by atoms with Crippen LogP contribution in [0.25, 0.3) is 0 Å². The first-order valence-electron chi connectivity index (χ1n) is 10.7. The van der Waals surface area contributed by atoms with Crippen LogP contribution < -0.4 is 16.6 Å². The Kier molecular flexibility index (Phi) is 7.80. The van der Waals surface area contributed by atoms with Gasteiger partial charge in [0.05, 0.1) is 0 Å². The number of hydrogen-bond donors (Lipinski definition) is 3. The van der Waals surface area contributed by atoms with Crippen LogP contribution in [0.15, 0.2) is 54.6 Å². The maximum Gasteiger partial charge on any atom is 0.263 e. The SMILES string of the molecule is COC(OC)c1ccc(C(=O)N2CCC[C@H]2C(=O)N[C@@](C)(C(=O)NN)c2ccccc2)cc1. The number of hydrogen-bond acceptors (Lipinski definition) is 6. The average molecular weight is 455 g/mol. The van der Waals surface area contributed by atoms with Crippen molar-refractivity contribution in [1.29, 1.82) is 0 Å². The summed E-state index contributed by atoms with van der Waals surface area (Å²) in [4.78, 5) is 40.6. The van der Waals surface area contributed by atoms with E-state index in [9.17, 15) is 14.4 Å². The average Bonchev–Trinajstić information content (AvgIpc) is 3.35. The molecule has 0 bridgehead atoms. The molecule has 4 N–H and O–H groups in total. The van der Waals surface area contributed by atoms with Crippen LogP contribution in [0.3, 0.4) is 0 Å². The van der Waals surface area contributed by atoms with Crippen LogP contribution in [0.1, 0.15) is 47.5 Å². The summed E-state index contributed by atoms with van der Waals surface area (Å²) < 4.78 is 10.5. The van der Waals surface area contributed by atoms with E-state index in [0.717, 1.165) is 5.56 Å². The molecule has 1 fully saturated rings. The van der Waals surface area contributed by atoms with Gasteiger partial charge in [0.25, 0.3) is 11.8 Å². The highest BCUT2D eigenvalue weighted by atomic mass is 16.7. The zero-order chi connectivity index (χ0) is 24.0. The van der Waals surface area contributed by atoms with Crippen molar-refractivity contribution in [2.45, 2.75) is 37.6 Å². The van der Waals surface area contributed by atoms with E-state index >= 15 is 0 Å². The van der Waals surface area contributed by atoms with Gasteiger partial charge < -0.3 is 19.7 Å². The number of ether oxygens (including phenoxy) is 2. The molecule has 0 aromatic heterocycles. The van der Waals surface area contributed by atoms with Crippen molar-refractivity contribution in [2.24, 2.45) is 5.84 Å². The maximum absolute atomic E-state index is 13.3. The molecule has 2 aromatic carbocycles. The second-order valence-electron chi connectivity index (χ2n) is 8.04. The zero-order valence-electron chi connectivity index (χ0n) is 19.0. The highest BCUT2D eigenvalue weighted by Crippen LogP contribution is 2.26. The Morgan fingerprint density at radius 2 is 1.70 bits per heavy atom. The summed E-state index contributed by atoms with van der Waals surface area (Å²) in [6.45, 7) is 2.03. The molecule has 1 aliphatic rings. The summed E-state index contributed by atoms with van der Waals surface area (Å²) in [6, 6.07) is 15.0. The fraction of sp³-hybridized carbons (Fsp3) is 0.375. The Bertz CT molecular complexity index is 978. The summed E-state index contributed by atoms with van der Waals surface area (Å²) in [7, 11) is 3.07. The number of carbonyl (C=O) groups excluding carboxylic acids is 3. The molecule has 33 heavy (non-hydrogen) atoms. The van der Waals surface area contributed by atoms with E-state index in [-0.39, 0.29) is 5.91 Å². The van der Waals surface area contributed by atoms with Crippen molar-refractivity contribution >= 4 is 17.7 Å². The van der Waals surface area contributed by atoms with Gasteiger partial charge in [0.2, 0.25) is 5.91 Å². The predicted molar refractivity (Wildman–Crippen MR) is 122 cm³/mol. The lowest BCUT2D eigenvalue weighted by molar-refractivity contribution is -0.135. The van der Waals surface area contributed by atoms with Crippen LogP contribution in [-0.4, -0.2) is 49.4 Å². The molecule has 9 heteroatoms.